The number of nitrogens with zero attached hydrogens (tertiary/aromatic N) is 4. The number of rotatable bonds is 4. The van der Waals surface area contributed by atoms with Crippen LogP contribution in [-0.4, -0.2) is 25.7 Å². The predicted molar refractivity (Wildman–Crippen MR) is 86.8 cm³/mol. The zero-order valence-corrected chi connectivity index (χ0v) is 13.9. The molecule has 0 saturated carbocycles. The topological polar surface area (TPSA) is 69.9 Å². The molecule has 0 aliphatic rings. The average Bonchev–Trinajstić information content (AvgIpc) is 3.10. The van der Waals surface area contributed by atoms with Crippen LogP contribution in [0.15, 0.2) is 29.9 Å². The van der Waals surface area contributed by atoms with E-state index in [0.717, 1.165) is 22.0 Å². The first kappa shape index (κ1) is 15.4. The van der Waals surface area contributed by atoms with Crippen molar-refractivity contribution < 1.29 is 9.53 Å². The Kier molecular flexibility index (Phi) is 4.20. The number of aryl methyl sites for hydroxylation is 3. The first-order chi connectivity index (χ1) is 11.0. The summed E-state index contributed by atoms with van der Waals surface area (Å²) >= 11 is 1.47. The Morgan fingerprint density at radius 3 is 2.65 bits per heavy atom. The van der Waals surface area contributed by atoms with Gasteiger partial charge in [0.25, 0.3) is 0 Å². The lowest BCUT2D eigenvalue weighted by Crippen LogP contribution is -2.07. The van der Waals surface area contributed by atoms with Gasteiger partial charge in [-0.2, -0.15) is 5.10 Å². The van der Waals surface area contributed by atoms with Crippen molar-refractivity contribution in [1.29, 1.82) is 0 Å². The average molecular weight is 328 g/mol. The summed E-state index contributed by atoms with van der Waals surface area (Å²) in [4.78, 5) is 21.4. The molecule has 0 atom stereocenters. The maximum Gasteiger partial charge on any atom is 0.340 e. The second kappa shape index (κ2) is 6.29. The van der Waals surface area contributed by atoms with E-state index in [1.165, 1.54) is 17.5 Å². The summed E-state index contributed by atoms with van der Waals surface area (Å²) in [5, 5.41) is 4.37. The van der Waals surface area contributed by atoms with Crippen molar-refractivity contribution in [3.63, 3.8) is 0 Å². The van der Waals surface area contributed by atoms with E-state index in [1.807, 2.05) is 26.8 Å². The van der Waals surface area contributed by atoms with Gasteiger partial charge in [-0.25, -0.2) is 19.4 Å². The lowest BCUT2D eigenvalue weighted by atomic mass is 10.3. The molecule has 0 bridgehead atoms. The molecule has 0 amide bonds. The summed E-state index contributed by atoms with van der Waals surface area (Å²) < 4.78 is 7.04. The van der Waals surface area contributed by atoms with E-state index in [-0.39, 0.29) is 6.61 Å². The Labute approximate surface area is 137 Å². The minimum atomic E-state index is -0.398. The number of pyridine rings is 1. The molecule has 118 valence electrons. The number of thiazole rings is 1. The van der Waals surface area contributed by atoms with Crippen LogP contribution >= 0.6 is 11.3 Å². The fourth-order valence-corrected chi connectivity index (χ4v) is 2.86. The van der Waals surface area contributed by atoms with E-state index >= 15 is 0 Å². The highest BCUT2D eigenvalue weighted by molar-refractivity contribution is 7.09. The van der Waals surface area contributed by atoms with Gasteiger partial charge < -0.3 is 4.74 Å². The zero-order valence-electron chi connectivity index (χ0n) is 13.1. The molecule has 0 aliphatic carbocycles. The molecule has 0 fully saturated rings. The van der Waals surface area contributed by atoms with Gasteiger partial charge in [0.1, 0.15) is 6.61 Å². The molecule has 3 aromatic rings. The van der Waals surface area contributed by atoms with Crippen LogP contribution < -0.4 is 0 Å². The number of hydrogen-bond donors (Lipinski definition) is 0. The molecular weight excluding hydrogens is 312 g/mol. The van der Waals surface area contributed by atoms with Gasteiger partial charge in [-0.3, -0.25) is 0 Å². The van der Waals surface area contributed by atoms with Crippen LogP contribution in [0.1, 0.15) is 32.3 Å². The maximum absolute atomic E-state index is 12.1. The monoisotopic (exact) mass is 328 g/mol. The quantitative estimate of drug-likeness (QED) is 0.689. The van der Waals surface area contributed by atoms with Crippen LogP contribution in [0, 0.1) is 20.8 Å². The summed E-state index contributed by atoms with van der Waals surface area (Å²) in [6.45, 7) is 6.01. The molecule has 0 radical (unpaired) electrons. The fourth-order valence-electron chi connectivity index (χ4n) is 2.17. The molecule has 0 unspecified atom stereocenters. The molecule has 7 heteroatoms. The highest BCUT2D eigenvalue weighted by Gasteiger charge is 2.11. The van der Waals surface area contributed by atoms with Crippen molar-refractivity contribution in [2.45, 2.75) is 27.4 Å². The highest BCUT2D eigenvalue weighted by atomic mass is 32.1. The summed E-state index contributed by atoms with van der Waals surface area (Å²) in [6.07, 6.45) is 1.51. The second-order valence-electron chi connectivity index (χ2n) is 5.18. The van der Waals surface area contributed by atoms with Crippen LogP contribution in [0.3, 0.4) is 0 Å². The summed E-state index contributed by atoms with van der Waals surface area (Å²) in [6, 6.07) is 5.43. The van der Waals surface area contributed by atoms with Gasteiger partial charge in [0, 0.05) is 11.9 Å². The lowest BCUT2D eigenvalue weighted by molar-refractivity contribution is 0.0475. The molecule has 0 saturated heterocycles. The molecule has 0 aromatic carbocycles. The number of esters is 1. The normalized spacial score (nSPS) is 10.7. The minimum Gasteiger partial charge on any atom is -0.456 e. The number of carbonyl (C=O) groups excluding carboxylic acids is 1. The molecule has 0 N–H and O–H groups in total. The minimum absolute atomic E-state index is 0.231. The largest absolute Gasteiger partial charge is 0.456 e. The van der Waals surface area contributed by atoms with Crippen molar-refractivity contribution in [1.82, 2.24) is 19.7 Å². The number of hydrogen-bond acceptors (Lipinski definition) is 6. The van der Waals surface area contributed by atoms with E-state index in [1.54, 1.807) is 22.3 Å². The van der Waals surface area contributed by atoms with E-state index in [2.05, 4.69) is 15.1 Å². The van der Waals surface area contributed by atoms with Gasteiger partial charge in [-0.05, 0) is 39.0 Å². The summed E-state index contributed by atoms with van der Waals surface area (Å²) in [5.74, 6) is 0.274. The Morgan fingerprint density at radius 2 is 2.09 bits per heavy atom. The van der Waals surface area contributed by atoms with Gasteiger partial charge in [-0.1, -0.05) is 0 Å². The molecule has 3 rings (SSSR count). The van der Waals surface area contributed by atoms with E-state index in [0.29, 0.717) is 11.4 Å². The van der Waals surface area contributed by atoms with Gasteiger partial charge in [0.05, 0.1) is 27.3 Å². The van der Waals surface area contributed by atoms with Crippen LogP contribution in [0.4, 0.5) is 0 Å². The zero-order chi connectivity index (χ0) is 16.4. The third-order valence-electron chi connectivity index (χ3n) is 3.39. The van der Waals surface area contributed by atoms with Crippen LogP contribution in [-0.2, 0) is 11.3 Å². The Hall–Kier alpha value is -2.54. The highest BCUT2D eigenvalue weighted by Crippen LogP contribution is 2.15. The van der Waals surface area contributed by atoms with Gasteiger partial charge in [0.15, 0.2) is 5.82 Å². The molecule has 0 aliphatic heterocycles. The smallest absolute Gasteiger partial charge is 0.340 e. The van der Waals surface area contributed by atoms with Crippen molar-refractivity contribution >= 4 is 17.3 Å². The first-order valence-electron chi connectivity index (χ1n) is 7.10. The second-order valence-corrected chi connectivity index (χ2v) is 6.12. The number of ether oxygens (including phenoxy) is 1. The van der Waals surface area contributed by atoms with Crippen molar-refractivity contribution in [2.24, 2.45) is 0 Å². The maximum atomic E-state index is 12.1. The third-order valence-corrected chi connectivity index (χ3v) is 4.30. The van der Waals surface area contributed by atoms with Crippen molar-refractivity contribution in [3.8, 4) is 5.82 Å². The van der Waals surface area contributed by atoms with Crippen molar-refractivity contribution in [3.05, 3.63) is 57.4 Å². The van der Waals surface area contributed by atoms with Crippen LogP contribution in [0.5, 0.6) is 0 Å². The fraction of sp³-hybridized carbons (Fsp3) is 0.250. The first-order valence-corrected chi connectivity index (χ1v) is 7.98. The molecular formula is C16H16N4O2S. The van der Waals surface area contributed by atoms with E-state index in [4.69, 9.17) is 4.74 Å². The molecule has 0 spiro atoms. The SMILES string of the molecule is Cc1cc(C)n(-c2ccc(C(=O)OCc3scnc3C)cn2)n1. The standard InChI is InChI=1S/C16H16N4O2S/c1-10-6-11(2)20(19-10)15-5-4-13(7-17-15)16(21)22-8-14-12(3)18-9-23-14/h4-7,9H,8H2,1-3H3. The molecule has 3 aromatic heterocycles. The third kappa shape index (κ3) is 3.29. The van der Waals surface area contributed by atoms with E-state index in [9.17, 15) is 4.79 Å². The van der Waals surface area contributed by atoms with Gasteiger partial charge in [-0.15, -0.1) is 11.3 Å². The van der Waals surface area contributed by atoms with E-state index < -0.39 is 5.97 Å². The molecule has 3 heterocycles. The van der Waals surface area contributed by atoms with Crippen LogP contribution in [0.2, 0.25) is 0 Å². The van der Waals surface area contributed by atoms with Gasteiger partial charge in [0.2, 0.25) is 0 Å². The number of carbonyl (C=O) groups is 1. The summed E-state index contributed by atoms with van der Waals surface area (Å²) in [7, 11) is 0. The Morgan fingerprint density at radius 1 is 1.26 bits per heavy atom. The molecule has 6 nitrogen and oxygen atoms in total. The Bertz CT molecular complexity index is 836. The predicted octanol–water partition coefficient (Wildman–Crippen LogP) is 3.01. The Balaban J connectivity index is 1.70. The van der Waals surface area contributed by atoms with Crippen LogP contribution in [0.25, 0.3) is 5.82 Å². The molecule has 23 heavy (non-hydrogen) atoms. The number of aromatic nitrogens is 4. The van der Waals surface area contributed by atoms with Gasteiger partial charge >= 0.3 is 5.97 Å². The summed E-state index contributed by atoms with van der Waals surface area (Å²) in [5.41, 5.74) is 4.96. The lowest BCUT2D eigenvalue weighted by Gasteiger charge is -2.06. The van der Waals surface area contributed by atoms with Crippen molar-refractivity contribution in [2.75, 3.05) is 0 Å².